The number of hydrogen-bond acceptors (Lipinski definition) is 6. The molecule has 0 N–H and O–H groups in total. The van der Waals surface area contributed by atoms with Crippen LogP contribution in [0, 0.1) is 0 Å². The average Bonchev–Trinajstić information content (AvgIpc) is 3.39. The summed E-state index contributed by atoms with van der Waals surface area (Å²) in [6.45, 7) is 6.17. The molecule has 8 nitrogen and oxygen atoms in total. The van der Waals surface area contributed by atoms with Crippen molar-refractivity contribution in [3.05, 3.63) is 42.4 Å². The van der Waals surface area contributed by atoms with Crippen molar-refractivity contribution in [2.75, 3.05) is 19.0 Å². The number of nitrogens with zero attached hydrogens (tertiary/aromatic N) is 4. The second-order valence-electron chi connectivity index (χ2n) is 6.80. The van der Waals surface area contributed by atoms with E-state index in [0.29, 0.717) is 37.7 Å². The first-order valence-corrected chi connectivity index (χ1v) is 11.4. The van der Waals surface area contributed by atoms with Gasteiger partial charge in [-0.2, -0.15) is 5.10 Å². The molecular formula is C20H24N4O4S. The van der Waals surface area contributed by atoms with Gasteiger partial charge in [-0.15, -0.1) is 0 Å². The lowest BCUT2D eigenvalue weighted by molar-refractivity contribution is 0.171. The normalized spacial score (nSPS) is 13.6. The minimum Gasteiger partial charge on any atom is -0.486 e. The van der Waals surface area contributed by atoms with Crippen LogP contribution >= 0.6 is 0 Å². The molecular weight excluding hydrogens is 392 g/mol. The Kier molecular flexibility index (Phi) is 5.31. The van der Waals surface area contributed by atoms with E-state index in [0.717, 1.165) is 23.4 Å². The third kappa shape index (κ3) is 3.87. The molecule has 4 rings (SSSR count). The van der Waals surface area contributed by atoms with Crippen LogP contribution in [0.3, 0.4) is 0 Å². The van der Waals surface area contributed by atoms with Crippen molar-refractivity contribution in [3.8, 4) is 22.8 Å². The summed E-state index contributed by atoms with van der Waals surface area (Å²) in [6, 6.07) is 5.61. The van der Waals surface area contributed by atoms with Crippen molar-refractivity contribution >= 4 is 9.84 Å². The van der Waals surface area contributed by atoms with Gasteiger partial charge in [-0.25, -0.2) is 13.4 Å². The Hall–Kier alpha value is -2.81. The van der Waals surface area contributed by atoms with Gasteiger partial charge in [-0.1, -0.05) is 0 Å². The number of benzene rings is 1. The smallest absolute Gasteiger partial charge is 0.228 e. The van der Waals surface area contributed by atoms with Gasteiger partial charge >= 0.3 is 0 Å². The SMILES string of the molecule is CCn1cc(CCS(=O)(=O)c2ncc(-c3ccc4c(c3)OCCO4)n2CC)cn1. The lowest BCUT2D eigenvalue weighted by Gasteiger charge is -2.19. The number of sulfone groups is 1. The van der Waals surface area contributed by atoms with Crippen LogP contribution in [0.1, 0.15) is 19.4 Å². The number of rotatable bonds is 7. The molecule has 0 bridgehead atoms. The van der Waals surface area contributed by atoms with E-state index in [1.807, 2.05) is 38.2 Å². The van der Waals surface area contributed by atoms with Crippen molar-refractivity contribution in [1.82, 2.24) is 19.3 Å². The Balaban J connectivity index is 1.61. The molecule has 0 atom stereocenters. The Morgan fingerprint density at radius 3 is 2.59 bits per heavy atom. The van der Waals surface area contributed by atoms with Crippen molar-refractivity contribution in [2.24, 2.45) is 0 Å². The molecule has 0 fully saturated rings. The molecule has 154 valence electrons. The number of aryl methyl sites for hydroxylation is 2. The molecule has 0 spiro atoms. The van der Waals surface area contributed by atoms with Crippen molar-refractivity contribution < 1.29 is 17.9 Å². The lowest BCUT2D eigenvalue weighted by atomic mass is 10.1. The number of hydrogen-bond donors (Lipinski definition) is 0. The standard InChI is InChI=1S/C20H24N4O4S/c1-3-23-14-15(12-22-23)7-10-29(25,26)20-21-13-17(24(20)4-2)16-5-6-18-19(11-16)28-9-8-27-18/h5-6,11-14H,3-4,7-10H2,1-2H3. The predicted octanol–water partition coefficient (Wildman–Crippen LogP) is 2.57. The first-order chi connectivity index (χ1) is 14.0. The fourth-order valence-electron chi connectivity index (χ4n) is 3.40. The van der Waals surface area contributed by atoms with Gasteiger partial charge < -0.3 is 14.0 Å². The highest BCUT2D eigenvalue weighted by atomic mass is 32.2. The average molecular weight is 417 g/mol. The van der Waals surface area contributed by atoms with Gasteiger partial charge in [0.1, 0.15) is 13.2 Å². The van der Waals surface area contributed by atoms with Gasteiger partial charge in [0.25, 0.3) is 0 Å². The summed E-state index contributed by atoms with van der Waals surface area (Å²) in [7, 11) is -3.54. The third-order valence-electron chi connectivity index (χ3n) is 4.92. The van der Waals surface area contributed by atoms with Gasteiger partial charge in [0.2, 0.25) is 15.0 Å². The van der Waals surface area contributed by atoms with Gasteiger partial charge in [-0.3, -0.25) is 4.68 Å². The van der Waals surface area contributed by atoms with Crippen LogP contribution in [0.4, 0.5) is 0 Å². The molecule has 0 saturated carbocycles. The number of ether oxygens (including phenoxy) is 2. The summed E-state index contributed by atoms with van der Waals surface area (Å²) in [5.74, 6) is 1.35. The highest BCUT2D eigenvalue weighted by molar-refractivity contribution is 7.91. The first-order valence-electron chi connectivity index (χ1n) is 9.71. The van der Waals surface area contributed by atoms with Gasteiger partial charge in [0.15, 0.2) is 11.5 Å². The zero-order valence-electron chi connectivity index (χ0n) is 16.5. The predicted molar refractivity (Wildman–Crippen MR) is 108 cm³/mol. The van der Waals surface area contributed by atoms with Crippen LogP contribution in [0.15, 0.2) is 41.9 Å². The Labute approximate surface area is 170 Å². The Morgan fingerprint density at radius 2 is 1.86 bits per heavy atom. The summed E-state index contributed by atoms with van der Waals surface area (Å²) in [6.07, 6.45) is 5.60. The van der Waals surface area contributed by atoms with E-state index in [4.69, 9.17) is 9.47 Å². The molecule has 1 aliphatic heterocycles. The summed E-state index contributed by atoms with van der Waals surface area (Å²) >= 11 is 0. The van der Waals surface area contributed by atoms with Crippen LogP contribution in [0.25, 0.3) is 11.3 Å². The zero-order chi connectivity index (χ0) is 20.4. The lowest BCUT2D eigenvalue weighted by Crippen LogP contribution is -2.16. The second-order valence-corrected chi connectivity index (χ2v) is 8.80. The molecule has 0 aliphatic carbocycles. The molecule has 0 radical (unpaired) electrons. The van der Waals surface area contributed by atoms with Crippen molar-refractivity contribution in [1.29, 1.82) is 0 Å². The Bertz CT molecular complexity index is 1120. The molecule has 2 aromatic heterocycles. The molecule has 3 heterocycles. The van der Waals surface area contributed by atoms with E-state index in [1.165, 1.54) is 0 Å². The minimum absolute atomic E-state index is 0.0139. The molecule has 29 heavy (non-hydrogen) atoms. The fraction of sp³-hybridized carbons (Fsp3) is 0.400. The molecule has 9 heteroatoms. The zero-order valence-corrected chi connectivity index (χ0v) is 17.4. The van der Waals surface area contributed by atoms with E-state index in [9.17, 15) is 8.42 Å². The van der Waals surface area contributed by atoms with E-state index in [-0.39, 0.29) is 10.9 Å². The molecule has 0 unspecified atom stereocenters. The fourth-order valence-corrected chi connectivity index (χ4v) is 4.86. The van der Waals surface area contributed by atoms with Gasteiger partial charge in [-0.05, 0) is 44.0 Å². The van der Waals surface area contributed by atoms with E-state index in [2.05, 4.69) is 10.1 Å². The molecule has 1 aromatic carbocycles. The van der Waals surface area contributed by atoms with Crippen LogP contribution < -0.4 is 9.47 Å². The maximum absolute atomic E-state index is 13.0. The van der Waals surface area contributed by atoms with Crippen molar-refractivity contribution in [3.63, 3.8) is 0 Å². The number of aromatic nitrogens is 4. The maximum Gasteiger partial charge on any atom is 0.228 e. The van der Waals surface area contributed by atoms with E-state index >= 15 is 0 Å². The topological polar surface area (TPSA) is 88.2 Å². The van der Waals surface area contributed by atoms with E-state index < -0.39 is 9.84 Å². The highest BCUT2D eigenvalue weighted by Gasteiger charge is 2.24. The number of fused-ring (bicyclic) bond motifs is 1. The van der Waals surface area contributed by atoms with Crippen LogP contribution in [-0.4, -0.2) is 46.7 Å². The van der Waals surface area contributed by atoms with Crippen LogP contribution in [0.5, 0.6) is 11.5 Å². The Morgan fingerprint density at radius 1 is 1.07 bits per heavy atom. The highest BCUT2D eigenvalue weighted by Crippen LogP contribution is 2.35. The number of imidazole rings is 1. The van der Waals surface area contributed by atoms with Crippen LogP contribution in [0.2, 0.25) is 0 Å². The molecule has 1 aliphatic rings. The summed E-state index contributed by atoms with van der Waals surface area (Å²) in [5.41, 5.74) is 2.48. The first kappa shape index (κ1) is 19.5. The summed E-state index contributed by atoms with van der Waals surface area (Å²) in [5, 5.41) is 4.29. The molecule has 0 saturated heterocycles. The quantitative estimate of drug-likeness (QED) is 0.588. The monoisotopic (exact) mass is 416 g/mol. The molecule has 0 amide bonds. The van der Waals surface area contributed by atoms with Gasteiger partial charge in [0.05, 0.1) is 23.8 Å². The third-order valence-corrected chi connectivity index (χ3v) is 6.55. The van der Waals surface area contributed by atoms with E-state index in [1.54, 1.807) is 21.6 Å². The largest absolute Gasteiger partial charge is 0.486 e. The van der Waals surface area contributed by atoms with Crippen LogP contribution in [-0.2, 0) is 29.3 Å². The van der Waals surface area contributed by atoms with Gasteiger partial charge in [0, 0.05) is 24.8 Å². The summed E-state index contributed by atoms with van der Waals surface area (Å²) < 4.78 is 40.7. The minimum atomic E-state index is -3.54. The molecule has 3 aromatic rings. The summed E-state index contributed by atoms with van der Waals surface area (Å²) in [4.78, 5) is 4.26. The maximum atomic E-state index is 13.0. The van der Waals surface area contributed by atoms with Crippen molar-refractivity contribution in [2.45, 2.75) is 38.5 Å². The second kappa shape index (κ2) is 7.90.